The van der Waals surface area contributed by atoms with Crippen LogP contribution in [0.15, 0.2) is 24.0 Å². The largest absolute Gasteiger partial charge is 0.493 e. The van der Waals surface area contributed by atoms with Crippen molar-refractivity contribution in [2.45, 2.75) is 93.5 Å². The van der Waals surface area contributed by atoms with E-state index in [9.17, 15) is 39.0 Å². The fraction of sp³-hybridized carbons (Fsp3) is 0.562. The standard InChI is InChI=1S/C32H37NO16/c1-14(27(37)38)45-29(41)15(2)46-30(42)20(48-22(35)12-17(34)28(39)40)13-23(36)47-19-7-8-32(43)21-11-16-5-6-18(44-4)25-24(16)31(32,26(19)49-25)9-10-33(21)3/h5-7,14-15,17,20-21,26,34,43H,8-13H2,1-4H3,(H,37,38)(H,39,40)/t14-,15+,17+,20+,21-,26+,31+,32-/m1/s1. The number of carbonyl (C=O) groups excluding carboxylic acids is 4. The fourth-order valence-electron chi connectivity index (χ4n) is 7.16. The highest BCUT2D eigenvalue weighted by Crippen LogP contribution is 2.65. The molecule has 0 aromatic heterocycles. The molecule has 1 fully saturated rings. The molecule has 266 valence electrons. The number of carbonyl (C=O) groups is 6. The molecule has 4 aliphatic rings. The highest BCUT2D eigenvalue weighted by Gasteiger charge is 2.72. The van der Waals surface area contributed by atoms with Crippen LogP contribution >= 0.6 is 0 Å². The van der Waals surface area contributed by atoms with E-state index >= 15 is 0 Å². The van der Waals surface area contributed by atoms with Crippen LogP contribution in [-0.2, 0) is 59.6 Å². The third-order valence-electron chi connectivity index (χ3n) is 9.59. The number of esters is 4. The highest BCUT2D eigenvalue weighted by molar-refractivity contribution is 5.88. The Kier molecular flexibility index (Phi) is 9.64. The van der Waals surface area contributed by atoms with Crippen LogP contribution in [-0.4, -0.2) is 124 Å². The summed E-state index contributed by atoms with van der Waals surface area (Å²) in [6, 6.07) is 3.41. The van der Waals surface area contributed by atoms with E-state index in [2.05, 4.69) is 9.64 Å². The van der Waals surface area contributed by atoms with Crippen LogP contribution in [0.4, 0.5) is 0 Å². The van der Waals surface area contributed by atoms with Crippen molar-refractivity contribution < 1.29 is 77.6 Å². The second kappa shape index (κ2) is 13.3. The van der Waals surface area contributed by atoms with Gasteiger partial charge in [0.25, 0.3) is 0 Å². The molecule has 2 heterocycles. The summed E-state index contributed by atoms with van der Waals surface area (Å²) < 4.78 is 32.4. The number of nitrogens with zero attached hydrogens (tertiary/aromatic N) is 1. The zero-order valence-electron chi connectivity index (χ0n) is 27.1. The van der Waals surface area contributed by atoms with Crippen LogP contribution in [0.3, 0.4) is 0 Å². The normalized spacial score (nSPS) is 27.1. The molecule has 8 atom stereocenters. The molecule has 0 unspecified atom stereocenters. The Labute approximate surface area is 279 Å². The maximum absolute atomic E-state index is 13.4. The van der Waals surface area contributed by atoms with Crippen molar-refractivity contribution in [3.05, 3.63) is 35.1 Å². The van der Waals surface area contributed by atoms with Crippen molar-refractivity contribution in [2.24, 2.45) is 0 Å². The first-order chi connectivity index (χ1) is 23.0. The number of carboxylic acid groups (broad SMARTS) is 2. The molecule has 2 aliphatic heterocycles. The predicted octanol–water partition coefficient (Wildman–Crippen LogP) is -0.398. The van der Waals surface area contributed by atoms with Crippen LogP contribution in [0.2, 0.25) is 0 Å². The first kappa shape index (κ1) is 35.6. The van der Waals surface area contributed by atoms with Gasteiger partial charge < -0.3 is 53.7 Å². The third kappa shape index (κ3) is 6.17. The quantitative estimate of drug-likeness (QED) is 0.152. The van der Waals surface area contributed by atoms with E-state index in [0.717, 1.165) is 25.0 Å². The van der Waals surface area contributed by atoms with Gasteiger partial charge in [-0.3, -0.25) is 9.59 Å². The molecule has 17 nitrogen and oxygen atoms in total. The Balaban J connectivity index is 1.38. The lowest BCUT2D eigenvalue weighted by molar-refractivity contribution is -0.184. The molecule has 1 spiro atoms. The number of carboxylic acids is 2. The lowest BCUT2D eigenvalue weighted by Crippen LogP contribution is -2.74. The van der Waals surface area contributed by atoms with Crippen LogP contribution in [0.1, 0.15) is 50.7 Å². The average Bonchev–Trinajstić information content (AvgIpc) is 3.39. The van der Waals surface area contributed by atoms with Gasteiger partial charge in [0.2, 0.25) is 6.10 Å². The lowest BCUT2D eigenvalue weighted by Gasteiger charge is -2.61. The van der Waals surface area contributed by atoms with Gasteiger partial charge in [-0.15, -0.1) is 0 Å². The van der Waals surface area contributed by atoms with Gasteiger partial charge in [0, 0.05) is 18.0 Å². The van der Waals surface area contributed by atoms with Crippen molar-refractivity contribution >= 4 is 35.8 Å². The molecule has 0 saturated carbocycles. The number of piperidine rings is 1. The molecule has 1 aromatic rings. The number of methoxy groups -OCH3 is 1. The topological polar surface area (TPSA) is 242 Å². The minimum absolute atomic E-state index is 0.0310. The predicted molar refractivity (Wildman–Crippen MR) is 159 cm³/mol. The van der Waals surface area contributed by atoms with Crippen LogP contribution in [0.5, 0.6) is 11.5 Å². The number of aliphatic hydroxyl groups excluding tert-OH is 1. The second-order valence-corrected chi connectivity index (χ2v) is 12.5. The van der Waals surface area contributed by atoms with Crippen LogP contribution < -0.4 is 9.47 Å². The van der Waals surface area contributed by atoms with Crippen molar-refractivity contribution in [1.82, 2.24) is 4.90 Å². The van der Waals surface area contributed by atoms with E-state index in [1.54, 1.807) is 6.07 Å². The Morgan fingerprint density at radius 2 is 1.67 bits per heavy atom. The maximum Gasteiger partial charge on any atom is 0.348 e. The zero-order chi connectivity index (χ0) is 36.0. The average molecular weight is 692 g/mol. The van der Waals surface area contributed by atoms with E-state index in [1.165, 1.54) is 13.2 Å². The number of ether oxygens (including phenoxy) is 6. The summed E-state index contributed by atoms with van der Waals surface area (Å²) in [6.45, 7) is 2.71. The first-order valence-corrected chi connectivity index (χ1v) is 15.5. The summed E-state index contributed by atoms with van der Waals surface area (Å²) in [5.41, 5.74) is -0.598. The summed E-state index contributed by atoms with van der Waals surface area (Å²) in [7, 11) is 3.41. The lowest BCUT2D eigenvalue weighted by atomic mass is 9.50. The van der Waals surface area contributed by atoms with Crippen molar-refractivity contribution in [2.75, 3.05) is 20.7 Å². The van der Waals surface area contributed by atoms with Gasteiger partial charge in [0.05, 0.1) is 31.0 Å². The number of rotatable bonds is 13. The Bertz CT molecular complexity index is 1610. The number of aliphatic hydroxyl groups is 2. The van der Waals surface area contributed by atoms with Gasteiger partial charge >= 0.3 is 35.8 Å². The SMILES string of the molecule is COc1ccc2c3c1O[C@H]1C(OC(=O)C[C@H](OC(=O)C[C@H](O)C(=O)O)C(=O)O[C@@H](C)C(=O)O[C@H](C)C(=O)O)=CC[C@@]4(O)[C@@H](C2)N(C)CC[C@]314. The second-order valence-electron chi connectivity index (χ2n) is 12.5. The number of aliphatic carboxylic acids is 2. The number of likely N-dealkylation sites (N-methyl/N-ethyl adjacent to an activating group) is 1. The van der Waals surface area contributed by atoms with Crippen molar-refractivity contribution in [3.8, 4) is 11.5 Å². The minimum atomic E-state index is -2.19. The van der Waals surface area contributed by atoms with E-state index < -0.39 is 90.2 Å². The van der Waals surface area contributed by atoms with Crippen LogP contribution in [0, 0.1) is 0 Å². The van der Waals surface area contributed by atoms with Gasteiger partial charge in [-0.05, 0) is 58.0 Å². The Hall–Kier alpha value is -4.74. The molecule has 4 N–H and O–H groups in total. The number of benzene rings is 1. The van der Waals surface area contributed by atoms with Gasteiger partial charge in [-0.25, -0.2) is 19.2 Å². The highest BCUT2D eigenvalue weighted by atomic mass is 16.6. The van der Waals surface area contributed by atoms with Crippen LogP contribution in [0.25, 0.3) is 0 Å². The number of likely N-dealkylation sites (tertiary alicyclic amines) is 1. The molecule has 49 heavy (non-hydrogen) atoms. The molecule has 2 bridgehead atoms. The molecular weight excluding hydrogens is 654 g/mol. The first-order valence-electron chi connectivity index (χ1n) is 15.5. The molecular formula is C32H37NO16. The van der Waals surface area contributed by atoms with Gasteiger partial charge in [0.1, 0.15) is 5.76 Å². The molecule has 0 amide bonds. The number of hydrogen-bond acceptors (Lipinski definition) is 15. The number of hydrogen-bond donors (Lipinski definition) is 4. The van der Waals surface area contributed by atoms with E-state index in [4.69, 9.17) is 33.9 Å². The van der Waals surface area contributed by atoms with Crippen molar-refractivity contribution in [3.63, 3.8) is 0 Å². The molecule has 1 aromatic carbocycles. The molecule has 2 aliphatic carbocycles. The Morgan fingerprint density at radius 1 is 0.980 bits per heavy atom. The van der Waals surface area contributed by atoms with E-state index in [0.29, 0.717) is 30.9 Å². The van der Waals surface area contributed by atoms with E-state index in [1.807, 2.05) is 13.1 Å². The van der Waals surface area contributed by atoms with Gasteiger partial charge in [-0.1, -0.05) is 6.07 Å². The third-order valence-corrected chi connectivity index (χ3v) is 9.59. The molecule has 0 radical (unpaired) electrons. The summed E-state index contributed by atoms with van der Waals surface area (Å²) >= 11 is 0. The maximum atomic E-state index is 13.4. The monoisotopic (exact) mass is 691 g/mol. The minimum Gasteiger partial charge on any atom is -0.493 e. The van der Waals surface area contributed by atoms with E-state index in [-0.39, 0.29) is 18.2 Å². The molecule has 1 saturated heterocycles. The fourth-order valence-corrected chi connectivity index (χ4v) is 7.16. The summed E-state index contributed by atoms with van der Waals surface area (Å²) in [6.07, 6.45) is -8.05. The Morgan fingerprint density at radius 3 is 2.33 bits per heavy atom. The molecule has 5 rings (SSSR count). The smallest absolute Gasteiger partial charge is 0.348 e. The molecule has 17 heteroatoms. The van der Waals surface area contributed by atoms with Gasteiger partial charge in [0.15, 0.2) is 35.9 Å². The summed E-state index contributed by atoms with van der Waals surface area (Å²) in [4.78, 5) is 75.3. The zero-order valence-corrected chi connectivity index (χ0v) is 27.1. The van der Waals surface area contributed by atoms with Gasteiger partial charge in [-0.2, -0.15) is 0 Å². The summed E-state index contributed by atoms with van der Waals surface area (Å²) in [5, 5.41) is 39.8. The summed E-state index contributed by atoms with van der Waals surface area (Å²) in [5.74, 6) is -7.57. The van der Waals surface area contributed by atoms with Crippen molar-refractivity contribution in [1.29, 1.82) is 0 Å².